The lowest BCUT2D eigenvalue weighted by Crippen LogP contribution is -2.26. The molecule has 84 valence electrons. The minimum absolute atomic E-state index is 0.172. The van der Waals surface area contributed by atoms with Gasteiger partial charge in [-0.1, -0.05) is 26.0 Å². The third kappa shape index (κ3) is 4.93. The molecule has 0 fully saturated rings. The van der Waals surface area contributed by atoms with Crippen LogP contribution in [0, 0.1) is 11.7 Å². The van der Waals surface area contributed by atoms with Gasteiger partial charge in [-0.3, -0.25) is 0 Å². The van der Waals surface area contributed by atoms with Crippen LogP contribution < -0.4 is 5.32 Å². The molecule has 0 bridgehead atoms. The molecular formula is C13H20FN. The standard InChI is InChI=1S/C13H20FN/c1-10(2)8-11(3)15-9-12-4-6-13(14)7-5-12/h4-7,10-11,15H,8-9H2,1-3H3. The lowest BCUT2D eigenvalue weighted by Gasteiger charge is -2.15. The first-order valence-corrected chi connectivity index (χ1v) is 5.55. The Bertz CT molecular complexity index is 279. The quantitative estimate of drug-likeness (QED) is 0.784. The number of nitrogens with one attached hydrogen (secondary N) is 1. The largest absolute Gasteiger partial charge is 0.310 e. The molecule has 0 radical (unpaired) electrons. The van der Waals surface area contributed by atoms with Gasteiger partial charge in [0.1, 0.15) is 5.82 Å². The van der Waals surface area contributed by atoms with E-state index >= 15 is 0 Å². The van der Waals surface area contributed by atoms with Crippen molar-refractivity contribution >= 4 is 0 Å². The smallest absolute Gasteiger partial charge is 0.123 e. The molecule has 0 amide bonds. The summed E-state index contributed by atoms with van der Waals surface area (Å²) in [7, 11) is 0. The Morgan fingerprint density at radius 2 is 1.73 bits per heavy atom. The van der Waals surface area contributed by atoms with Gasteiger partial charge in [0.2, 0.25) is 0 Å². The van der Waals surface area contributed by atoms with E-state index in [1.54, 1.807) is 0 Å². The van der Waals surface area contributed by atoms with Gasteiger partial charge in [0, 0.05) is 12.6 Å². The van der Waals surface area contributed by atoms with Gasteiger partial charge in [-0.2, -0.15) is 0 Å². The minimum atomic E-state index is -0.172. The second kappa shape index (κ2) is 5.86. The van der Waals surface area contributed by atoms with Crippen molar-refractivity contribution in [3.63, 3.8) is 0 Å². The average molecular weight is 209 g/mol. The van der Waals surface area contributed by atoms with Crippen LogP contribution in [0.5, 0.6) is 0 Å². The first kappa shape index (κ1) is 12.2. The van der Waals surface area contributed by atoms with Crippen molar-refractivity contribution in [2.45, 2.75) is 39.8 Å². The van der Waals surface area contributed by atoms with Crippen LogP contribution in [0.25, 0.3) is 0 Å². The SMILES string of the molecule is CC(C)CC(C)NCc1ccc(F)cc1. The summed E-state index contributed by atoms with van der Waals surface area (Å²) in [5.41, 5.74) is 1.13. The molecule has 15 heavy (non-hydrogen) atoms. The van der Waals surface area contributed by atoms with E-state index in [4.69, 9.17) is 0 Å². The summed E-state index contributed by atoms with van der Waals surface area (Å²) in [4.78, 5) is 0. The van der Waals surface area contributed by atoms with Gasteiger partial charge in [-0.15, -0.1) is 0 Å². The normalized spacial score (nSPS) is 13.1. The van der Waals surface area contributed by atoms with Gasteiger partial charge >= 0.3 is 0 Å². The van der Waals surface area contributed by atoms with Gasteiger partial charge in [-0.25, -0.2) is 4.39 Å². The fraction of sp³-hybridized carbons (Fsp3) is 0.538. The van der Waals surface area contributed by atoms with Crippen molar-refractivity contribution in [1.82, 2.24) is 5.32 Å². The van der Waals surface area contributed by atoms with Crippen LogP contribution in [0.4, 0.5) is 4.39 Å². The van der Waals surface area contributed by atoms with E-state index in [2.05, 4.69) is 26.1 Å². The van der Waals surface area contributed by atoms with E-state index in [1.807, 2.05) is 12.1 Å². The second-order valence-corrected chi connectivity index (χ2v) is 4.54. The molecule has 0 aliphatic heterocycles. The van der Waals surface area contributed by atoms with Crippen molar-refractivity contribution in [3.8, 4) is 0 Å². The van der Waals surface area contributed by atoms with Crippen LogP contribution in [0.3, 0.4) is 0 Å². The molecular weight excluding hydrogens is 189 g/mol. The Hall–Kier alpha value is -0.890. The summed E-state index contributed by atoms with van der Waals surface area (Å²) in [6.07, 6.45) is 1.17. The summed E-state index contributed by atoms with van der Waals surface area (Å²) in [6, 6.07) is 7.17. The van der Waals surface area contributed by atoms with Crippen molar-refractivity contribution in [1.29, 1.82) is 0 Å². The zero-order chi connectivity index (χ0) is 11.3. The Morgan fingerprint density at radius 1 is 1.13 bits per heavy atom. The molecule has 0 aliphatic rings. The molecule has 1 atom stereocenters. The van der Waals surface area contributed by atoms with E-state index in [9.17, 15) is 4.39 Å². The Balaban J connectivity index is 2.33. The molecule has 2 heteroatoms. The second-order valence-electron chi connectivity index (χ2n) is 4.54. The lowest BCUT2D eigenvalue weighted by atomic mass is 10.1. The van der Waals surface area contributed by atoms with Crippen molar-refractivity contribution in [2.75, 3.05) is 0 Å². The van der Waals surface area contributed by atoms with Crippen molar-refractivity contribution in [3.05, 3.63) is 35.6 Å². The summed E-state index contributed by atoms with van der Waals surface area (Å²) >= 11 is 0. The van der Waals surface area contributed by atoms with Crippen molar-refractivity contribution in [2.24, 2.45) is 5.92 Å². The van der Waals surface area contributed by atoms with E-state index in [0.717, 1.165) is 12.1 Å². The zero-order valence-corrected chi connectivity index (χ0v) is 9.76. The van der Waals surface area contributed by atoms with Gasteiger partial charge in [-0.05, 0) is 37.0 Å². The molecule has 0 spiro atoms. The predicted molar refractivity (Wildman–Crippen MR) is 62.2 cm³/mol. The highest BCUT2D eigenvalue weighted by atomic mass is 19.1. The highest BCUT2D eigenvalue weighted by molar-refractivity contribution is 5.15. The van der Waals surface area contributed by atoms with Crippen LogP contribution in [0.15, 0.2) is 24.3 Å². The molecule has 0 aliphatic carbocycles. The maximum atomic E-state index is 12.6. The highest BCUT2D eigenvalue weighted by Gasteiger charge is 2.03. The van der Waals surface area contributed by atoms with Gasteiger partial charge in [0.15, 0.2) is 0 Å². The maximum absolute atomic E-state index is 12.6. The van der Waals surface area contributed by atoms with Gasteiger partial charge < -0.3 is 5.32 Å². The van der Waals surface area contributed by atoms with Crippen LogP contribution in [-0.2, 0) is 6.54 Å². The highest BCUT2D eigenvalue weighted by Crippen LogP contribution is 2.06. The predicted octanol–water partition coefficient (Wildman–Crippen LogP) is 3.35. The summed E-state index contributed by atoms with van der Waals surface area (Å²) in [5.74, 6) is 0.537. The first-order valence-electron chi connectivity index (χ1n) is 5.55. The molecule has 1 rings (SSSR count). The van der Waals surface area contributed by atoms with Gasteiger partial charge in [0.25, 0.3) is 0 Å². The minimum Gasteiger partial charge on any atom is -0.310 e. The summed E-state index contributed by atoms with van der Waals surface area (Å²) in [6.45, 7) is 7.43. The number of rotatable bonds is 5. The fourth-order valence-electron chi connectivity index (χ4n) is 1.68. The summed E-state index contributed by atoms with van der Waals surface area (Å²) < 4.78 is 12.6. The van der Waals surface area contributed by atoms with E-state index in [1.165, 1.54) is 18.6 Å². The fourth-order valence-corrected chi connectivity index (χ4v) is 1.68. The lowest BCUT2D eigenvalue weighted by molar-refractivity contribution is 0.441. The number of hydrogen-bond donors (Lipinski definition) is 1. The third-order valence-corrected chi connectivity index (χ3v) is 2.39. The average Bonchev–Trinajstić information content (AvgIpc) is 2.16. The molecule has 1 nitrogen and oxygen atoms in total. The van der Waals surface area contributed by atoms with Crippen LogP contribution in [0.1, 0.15) is 32.8 Å². The Labute approximate surface area is 91.7 Å². The Kier molecular flexibility index (Phi) is 4.76. The van der Waals surface area contributed by atoms with E-state index in [-0.39, 0.29) is 5.82 Å². The molecule has 1 unspecified atom stereocenters. The number of hydrogen-bond acceptors (Lipinski definition) is 1. The Morgan fingerprint density at radius 3 is 2.27 bits per heavy atom. The van der Waals surface area contributed by atoms with Gasteiger partial charge in [0.05, 0.1) is 0 Å². The summed E-state index contributed by atoms with van der Waals surface area (Å²) in [5, 5.41) is 3.43. The number of halogens is 1. The monoisotopic (exact) mass is 209 g/mol. The molecule has 0 heterocycles. The zero-order valence-electron chi connectivity index (χ0n) is 9.76. The van der Waals surface area contributed by atoms with Crippen molar-refractivity contribution < 1.29 is 4.39 Å². The van der Waals surface area contributed by atoms with Crippen LogP contribution in [0.2, 0.25) is 0 Å². The third-order valence-electron chi connectivity index (χ3n) is 2.39. The molecule has 0 aromatic heterocycles. The first-order chi connectivity index (χ1) is 7.08. The number of benzene rings is 1. The molecule has 1 aromatic rings. The maximum Gasteiger partial charge on any atom is 0.123 e. The van der Waals surface area contributed by atoms with E-state index in [0.29, 0.717) is 12.0 Å². The molecule has 0 saturated heterocycles. The molecule has 1 N–H and O–H groups in total. The van der Waals surface area contributed by atoms with Crippen LogP contribution in [-0.4, -0.2) is 6.04 Å². The molecule has 1 aromatic carbocycles. The molecule has 0 saturated carbocycles. The topological polar surface area (TPSA) is 12.0 Å². The van der Waals surface area contributed by atoms with Crippen LogP contribution >= 0.6 is 0 Å². The van der Waals surface area contributed by atoms with E-state index < -0.39 is 0 Å².